The van der Waals surface area contributed by atoms with E-state index in [1.807, 2.05) is 0 Å². The average Bonchev–Trinajstić information content (AvgIpc) is 2.96. The third kappa shape index (κ3) is 5.03. The Morgan fingerprint density at radius 3 is 2.67 bits per heavy atom. The van der Waals surface area contributed by atoms with Crippen molar-refractivity contribution in [3.8, 4) is 11.5 Å². The van der Waals surface area contributed by atoms with Gasteiger partial charge in [-0.1, -0.05) is 0 Å². The zero-order chi connectivity index (χ0) is 23.4. The minimum atomic E-state index is -0.677. The second-order valence-corrected chi connectivity index (χ2v) is 7.33. The van der Waals surface area contributed by atoms with Crippen LogP contribution in [0, 0.1) is 10.1 Å². The van der Waals surface area contributed by atoms with Gasteiger partial charge in [-0.15, -0.1) is 0 Å². The van der Waals surface area contributed by atoms with Crippen molar-refractivity contribution in [1.82, 2.24) is 4.57 Å². The standard InChI is InChI=1S/C22H20N2O9/c25-17(14-4-7-18-20(11-14)31-10-2-9-30-18)13-32-21(26)3-1-8-23-16-6-5-15(24(28)29)12-19(16)33-22(23)27/h4-7,11-12H,1-3,8-10,13H2. The van der Waals surface area contributed by atoms with Crippen LogP contribution >= 0.6 is 0 Å². The van der Waals surface area contributed by atoms with Crippen LogP contribution in [0.2, 0.25) is 0 Å². The van der Waals surface area contributed by atoms with Crippen LogP contribution in [0.1, 0.15) is 29.6 Å². The number of hydrogen-bond acceptors (Lipinski definition) is 9. The Balaban J connectivity index is 1.29. The number of esters is 1. The van der Waals surface area contributed by atoms with E-state index in [9.17, 15) is 24.5 Å². The van der Waals surface area contributed by atoms with Crippen molar-refractivity contribution in [3.05, 3.63) is 62.6 Å². The predicted molar refractivity (Wildman–Crippen MR) is 114 cm³/mol. The summed E-state index contributed by atoms with van der Waals surface area (Å²) in [6.45, 7) is 0.760. The third-order valence-electron chi connectivity index (χ3n) is 5.06. The highest BCUT2D eigenvalue weighted by Gasteiger charge is 2.17. The first-order valence-corrected chi connectivity index (χ1v) is 10.3. The summed E-state index contributed by atoms with van der Waals surface area (Å²) in [6, 6.07) is 8.67. The number of benzene rings is 2. The predicted octanol–water partition coefficient (Wildman–Crippen LogP) is 2.87. The smallest absolute Gasteiger partial charge is 0.419 e. The molecule has 0 fully saturated rings. The number of ether oxygens (including phenoxy) is 3. The number of carbonyl (C=O) groups is 2. The summed E-state index contributed by atoms with van der Waals surface area (Å²) in [5.41, 5.74) is 0.642. The lowest BCUT2D eigenvalue weighted by Gasteiger charge is -2.09. The van der Waals surface area contributed by atoms with Crippen molar-refractivity contribution in [2.45, 2.75) is 25.8 Å². The average molecular weight is 456 g/mol. The van der Waals surface area contributed by atoms with E-state index in [0.29, 0.717) is 35.8 Å². The summed E-state index contributed by atoms with van der Waals surface area (Å²) < 4.78 is 22.5. The summed E-state index contributed by atoms with van der Waals surface area (Å²) in [7, 11) is 0. The van der Waals surface area contributed by atoms with Crippen LogP contribution in [0.15, 0.2) is 45.6 Å². The van der Waals surface area contributed by atoms with Gasteiger partial charge in [-0.05, 0) is 30.7 Å². The van der Waals surface area contributed by atoms with Gasteiger partial charge < -0.3 is 18.6 Å². The highest BCUT2D eigenvalue weighted by molar-refractivity contribution is 5.98. The van der Waals surface area contributed by atoms with Gasteiger partial charge in [0.1, 0.15) is 0 Å². The normalized spacial score (nSPS) is 12.8. The van der Waals surface area contributed by atoms with Gasteiger partial charge in [-0.3, -0.25) is 24.3 Å². The molecule has 172 valence electrons. The van der Waals surface area contributed by atoms with Gasteiger partial charge in [0.2, 0.25) is 0 Å². The molecule has 0 unspecified atom stereocenters. The SMILES string of the molecule is O=C(CCCn1c(=O)oc2cc([N+](=O)[O-])ccc21)OCC(=O)c1ccc2c(c1)OCCCO2. The summed E-state index contributed by atoms with van der Waals surface area (Å²) in [6.07, 6.45) is 0.972. The first-order chi connectivity index (χ1) is 15.9. The van der Waals surface area contributed by atoms with E-state index < -0.39 is 23.3 Å². The fraction of sp³-hybridized carbons (Fsp3) is 0.318. The number of nitro benzene ring substituents is 1. The molecule has 0 saturated heterocycles. The quantitative estimate of drug-likeness (QED) is 0.216. The van der Waals surface area contributed by atoms with Gasteiger partial charge >= 0.3 is 11.7 Å². The fourth-order valence-electron chi connectivity index (χ4n) is 3.40. The molecule has 11 heteroatoms. The molecule has 0 amide bonds. The number of nitrogens with zero attached hydrogens (tertiary/aromatic N) is 2. The highest BCUT2D eigenvalue weighted by atomic mass is 16.6. The van der Waals surface area contributed by atoms with Gasteiger partial charge in [0.05, 0.1) is 29.7 Å². The monoisotopic (exact) mass is 456 g/mol. The van der Waals surface area contributed by atoms with E-state index in [0.717, 1.165) is 6.42 Å². The van der Waals surface area contributed by atoms with E-state index in [1.54, 1.807) is 18.2 Å². The second-order valence-electron chi connectivity index (χ2n) is 7.33. The zero-order valence-electron chi connectivity index (χ0n) is 17.5. The maximum atomic E-state index is 12.4. The number of fused-ring (bicyclic) bond motifs is 2. The molecule has 0 saturated carbocycles. The molecule has 0 aliphatic carbocycles. The number of ketones is 1. The molecule has 0 bridgehead atoms. The Morgan fingerprint density at radius 1 is 1.09 bits per heavy atom. The Kier molecular flexibility index (Phi) is 6.38. The van der Waals surface area contributed by atoms with Crippen molar-refractivity contribution in [2.75, 3.05) is 19.8 Å². The molecule has 11 nitrogen and oxygen atoms in total. The molecule has 3 aromatic rings. The van der Waals surface area contributed by atoms with Gasteiger partial charge in [-0.2, -0.15) is 0 Å². The lowest BCUT2D eigenvalue weighted by atomic mass is 10.1. The van der Waals surface area contributed by atoms with Gasteiger partial charge in [0, 0.05) is 31.0 Å². The highest BCUT2D eigenvalue weighted by Crippen LogP contribution is 2.30. The molecule has 33 heavy (non-hydrogen) atoms. The van der Waals surface area contributed by atoms with Gasteiger partial charge in [0.15, 0.2) is 29.5 Å². The number of oxazole rings is 1. The van der Waals surface area contributed by atoms with E-state index >= 15 is 0 Å². The number of Topliss-reactive ketones (excluding diaryl/α,β-unsaturated/α-hetero) is 1. The van der Waals surface area contributed by atoms with Crippen LogP contribution in [0.4, 0.5) is 5.69 Å². The second kappa shape index (κ2) is 9.55. The Labute approximate surface area is 186 Å². The summed E-state index contributed by atoms with van der Waals surface area (Å²) in [5, 5.41) is 10.9. The first-order valence-electron chi connectivity index (χ1n) is 10.3. The molecular formula is C22H20N2O9. The van der Waals surface area contributed by atoms with E-state index in [2.05, 4.69) is 0 Å². The van der Waals surface area contributed by atoms with Crippen molar-refractivity contribution in [1.29, 1.82) is 0 Å². The molecule has 2 aromatic carbocycles. The fourth-order valence-corrected chi connectivity index (χ4v) is 3.40. The molecule has 1 aromatic heterocycles. The Bertz CT molecular complexity index is 1270. The molecule has 1 aliphatic rings. The molecule has 0 radical (unpaired) electrons. The van der Waals surface area contributed by atoms with Crippen LogP contribution in [-0.2, 0) is 16.1 Å². The van der Waals surface area contributed by atoms with Gasteiger partial charge in [-0.25, -0.2) is 4.79 Å². The van der Waals surface area contributed by atoms with Crippen molar-refractivity contribution >= 4 is 28.5 Å². The van der Waals surface area contributed by atoms with Crippen LogP contribution in [0.25, 0.3) is 11.1 Å². The maximum absolute atomic E-state index is 12.4. The summed E-state index contributed by atoms with van der Waals surface area (Å²) >= 11 is 0. The Morgan fingerprint density at radius 2 is 1.88 bits per heavy atom. The molecular weight excluding hydrogens is 436 g/mol. The number of nitro groups is 1. The van der Waals surface area contributed by atoms with Crippen LogP contribution in [-0.4, -0.2) is 41.1 Å². The zero-order valence-corrected chi connectivity index (χ0v) is 17.5. The van der Waals surface area contributed by atoms with Gasteiger partial charge in [0.25, 0.3) is 5.69 Å². The largest absolute Gasteiger partial charge is 0.490 e. The first kappa shape index (κ1) is 22.1. The molecule has 0 N–H and O–H groups in total. The number of hydrogen-bond donors (Lipinski definition) is 0. The van der Waals surface area contributed by atoms with E-state index in [4.69, 9.17) is 18.6 Å². The number of carbonyl (C=O) groups excluding carboxylic acids is 2. The lowest BCUT2D eigenvalue weighted by Crippen LogP contribution is -2.17. The van der Waals surface area contributed by atoms with Crippen molar-refractivity contribution in [2.24, 2.45) is 0 Å². The number of rotatable bonds is 8. The molecule has 0 spiro atoms. The number of aromatic nitrogens is 1. The molecule has 4 rings (SSSR count). The topological polar surface area (TPSA) is 140 Å². The number of aryl methyl sites for hydroxylation is 1. The minimum absolute atomic E-state index is 0.0273. The minimum Gasteiger partial charge on any atom is -0.490 e. The maximum Gasteiger partial charge on any atom is 0.419 e. The number of non-ortho nitro benzene ring substituents is 1. The lowest BCUT2D eigenvalue weighted by molar-refractivity contribution is -0.384. The van der Waals surface area contributed by atoms with Crippen molar-refractivity contribution < 1.29 is 33.1 Å². The van der Waals surface area contributed by atoms with Crippen LogP contribution < -0.4 is 15.2 Å². The van der Waals surface area contributed by atoms with E-state index in [-0.39, 0.29) is 36.4 Å². The van der Waals surface area contributed by atoms with Crippen LogP contribution in [0.5, 0.6) is 11.5 Å². The summed E-state index contributed by atoms with van der Waals surface area (Å²) in [5.74, 6) is -0.597. The Hall–Kier alpha value is -4.15. The molecule has 1 aliphatic heterocycles. The van der Waals surface area contributed by atoms with E-state index in [1.165, 1.54) is 22.8 Å². The molecule has 2 heterocycles. The molecule has 0 atom stereocenters. The van der Waals surface area contributed by atoms with Crippen molar-refractivity contribution in [3.63, 3.8) is 0 Å². The summed E-state index contributed by atoms with van der Waals surface area (Å²) in [4.78, 5) is 46.7. The van der Waals surface area contributed by atoms with Crippen LogP contribution in [0.3, 0.4) is 0 Å². The third-order valence-corrected chi connectivity index (χ3v) is 5.06.